The van der Waals surface area contributed by atoms with Gasteiger partial charge < -0.3 is 49.8 Å². The van der Waals surface area contributed by atoms with E-state index in [1.807, 2.05) is 6.07 Å². The van der Waals surface area contributed by atoms with Crippen molar-refractivity contribution in [2.45, 2.75) is 115 Å². The zero-order valence-corrected chi connectivity index (χ0v) is 42.9. The predicted octanol–water partition coefficient (Wildman–Crippen LogP) is 2.68. The van der Waals surface area contributed by atoms with Gasteiger partial charge in [0.2, 0.25) is 0 Å². The monoisotopic (exact) mass is 1230 g/mol. The van der Waals surface area contributed by atoms with Crippen molar-refractivity contribution in [1.29, 1.82) is 0 Å². The molecule has 4 aliphatic rings. The smallest absolute Gasteiger partial charge is 0.408 e. The summed E-state index contributed by atoms with van der Waals surface area (Å²) in [6.07, 6.45) is -9.78. The Morgan fingerprint density at radius 1 is 0.966 bits per heavy atom. The van der Waals surface area contributed by atoms with Gasteiger partial charge in [-0.25, -0.2) is 14.4 Å². The van der Waals surface area contributed by atoms with E-state index < -0.39 is 101 Å². The number of esters is 2. The molecule has 1 unspecified atom stereocenters. The van der Waals surface area contributed by atoms with Crippen molar-refractivity contribution >= 4 is 23.8 Å². The third-order valence-electron chi connectivity index (χ3n) is 12.5. The summed E-state index contributed by atoms with van der Waals surface area (Å²) < 4.78 is 23.0. The van der Waals surface area contributed by atoms with Gasteiger partial charge in [-0.3, -0.25) is 4.79 Å². The summed E-state index contributed by atoms with van der Waals surface area (Å²) in [6.45, 7) is 8.99. The van der Waals surface area contributed by atoms with Crippen LogP contribution in [0.25, 0.3) is 0 Å². The number of fused-ring (bicyclic) bond motifs is 5. The molecule has 3 aliphatic carbocycles. The van der Waals surface area contributed by atoms with Crippen LogP contribution in [0.5, 0.6) is 0 Å². The zero-order valence-electron chi connectivity index (χ0n) is 33.5. The molecule has 308 valence electrons. The molecule has 6 N–H and O–H groups in total. The van der Waals surface area contributed by atoms with E-state index in [1.54, 1.807) is 70.2 Å². The second kappa shape index (κ2) is 18.8. The number of carbonyl (C=O) groups is 4. The number of ketones is 1. The van der Waals surface area contributed by atoms with Crippen molar-refractivity contribution in [3.63, 3.8) is 0 Å². The SMILES string of the molecule is CC(C)=C[C@H](NC(=O)OCc1ccccc1)[C@@H](O)C(=O)OC1C[C@@]2(O)[C@@H](OC(=O)c3ccccc3)[C@@H]3[C@]4(O)CO[C@@H]4C[C@H](O)[C@@]3(C)C(=O)[C@H](O)C(=C1C)C2(C)C.[Ac].[Ac]. The summed E-state index contributed by atoms with van der Waals surface area (Å²) >= 11 is 0. The van der Waals surface area contributed by atoms with Gasteiger partial charge in [-0.1, -0.05) is 74.0 Å². The van der Waals surface area contributed by atoms with Crippen LogP contribution >= 0.6 is 0 Å². The van der Waals surface area contributed by atoms with Gasteiger partial charge >= 0.3 is 18.0 Å². The van der Waals surface area contributed by atoms with Gasteiger partial charge in [0, 0.05) is 112 Å². The van der Waals surface area contributed by atoms with Gasteiger partial charge in [-0.05, 0) is 56.5 Å². The summed E-state index contributed by atoms with van der Waals surface area (Å²) in [5, 5.41) is 62.9. The van der Waals surface area contributed by atoms with Crippen molar-refractivity contribution in [2.24, 2.45) is 16.7 Å². The molecule has 1 amide bonds. The molecule has 6 rings (SSSR count). The van der Waals surface area contributed by atoms with E-state index in [4.69, 9.17) is 18.9 Å². The fraction of sp³-hybridized carbons (Fsp3) is 0.524. The molecule has 2 aromatic rings. The third kappa shape index (κ3) is 8.73. The molecule has 1 aliphatic heterocycles. The molecule has 1 heterocycles. The van der Waals surface area contributed by atoms with Crippen LogP contribution in [0, 0.1) is 105 Å². The first-order valence-electron chi connectivity index (χ1n) is 18.7. The Bertz CT molecular complexity index is 1920. The Kier molecular flexibility index (Phi) is 15.9. The Morgan fingerprint density at radius 2 is 1.57 bits per heavy atom. The van der Waals surface area contributed by atoms with E-state index in [0.717, 1.165) is 0 Å². The standard InChI is InChI=1S/C42H51NO13.2Ac/c1-22(2)17-26(43-38(50)53-20-24-13-9-7-10-14-24)31(45)37(49)55-27-19-42(52)35(56-36(48)25-15-11-8-12-16-25)33-40(6,28(44)18-29-41(33,51)21-54-29)34(47)32(46)30(23(27)3)39(42,4)5;;/h7-17,26-29,31-33,35,44-46,51-52H,18-21H2,1-6H3,(H,43,50);;/t26-,27?,28-,29+,31+,32+,33-,35-,40+,41-,42+;;/m0../s1. The molecule has 58 heavy (non-hydrogen) atoms. The largest absolute Gasteiger partial charge is 0.456 e. The molecule has 1 saturated heterocycles. The van der Waals surface area contributed by atoms with Crippen molar-refractivity contribution in [3.8, 4) is 0 Å². The van der Waals surface area contributed by atoms with E-state index in [0.29, 0.717) is 11.1 Å². The van der Waals surface area contributed by atoms with Crippen molar-refractivity contribution in [2.75, 3.05) is 6.61 Å². The van der Waals surface area contributed by atoms with Gasteiger partial charge in [0.05, 0.1) is 35.8 Å². The molecule has 14 nitrogen and oxygen atoms in total. The topological polar surface area (TPSA) is 218 Å². The maximum atomic E-state index is 14.7. The average molecular weight is 1230 g/mol. The fourth-order valence-corrected chi connectivity index (χ4v) is 9.20. The Hall–Kier alpha value is -1.56. The molecule has 2 aromatic carbocycles. The average Bonchev–Trinajstić information content (AvgIpc) is 3.15. The summed E-state index contributed by atoms with van der Waals surface area (Å²) in [5.74, 6) is -4.54. The van der Waals surface area contributed by atoms with Gasteiger partial charge in [-0.15, -0.1) is 0 Å². The Balaban J connectivity index is 0.00000372. The summed E-state index contributed by atoms with van der Waals surface area (Å²) in [5.41, 5.74) is -6.18. The summed E-state index contributed by atoms with van der Waals surface area (Å²) in [4.78, 5) is 55.2. The van der Waals surface area contributed by atoms with Crippen LogP contribution in [0.15, 0.2) is 83.5 Å². The zero-order chi connectivity index (χ0) is 41.0. The molecule has 0 aromatic heterocycles. The minimum Gasteiger partial charge on any atom is -0.456 e. The number of Topliss-reactive ketones (excluding diaryl/α,β-unsaturated/α-hetero) is 1. The first-order chi connectivity index (χ1) is 26.3. The summed E-state index contributed by atoms with van der Waals surface area (Å²) in [7, 11) is 0. The minimum atomic E-state index is -2.30. The number of ether oxygens (including phenoxy) is 4. The molecule has 16 heteroatoms. The maximum Gasteiger partial charge on any atom is 0.408 e. The van der Waals surface area contributed by atoms with Crippen LogP contribution in [0.2, 0.25) is 0 Å². The minimum absolute atomic E-state index is 0. The van der Waals surface area contributed by atoms with E-state index in [2.05, 4.69) is 5.32 Å². The van der Waals surface area contributed by atoms with Gasteiger partial charge in [0.1, 0.15) is 36.1 Å². The molecule has 2 bridgehead atoms. The predicted molar refractivity (Wildman–Crippen MR) is 198 cm³/mol. The second-order valence-electron chi connectivity index (χ2n) is 16.5. The number of aliphatic hydroxyl groups excluding tert-OH is 3. The number of rotatable bonds is 9. The fourth-order valence-electron chi connectivity index (χ4n) is 9.20. The molecule has 3 fully saturated rings. The number of hydrogen-bond donors (Lipinski definition) is 6. The van der Waals surface area contributed by atoms with Crippen molar-refractivity contribution in [3.05, 3.63) is 94.6 Å². The molecule has 11 atom stereocenters. The first-order valence-corrected chi connectivity index (χ1v) is 18.7. The first kappa shape index (κ1) is 49.1. The number of carbonyl (C=O) groups excluding carboxylic acids is 4. The van der Waals surface area contributed by atoms with Gasteiger partial charge in [-0.2, -0.15) is 0 Å². The number of alkyl carbamates (subject to hydrolysis) is 1. The summed E-state index contributed by atoms with van der Waals surface area (Å²) in [6, 6.07) is 15.5. The van der Waals surface area contributed by atoms with E-state index in [-0.39, 0.29) is 124 Å². The number of amides is 1. The molecular formula is C42H51Ac2NO13. The molecule has 0 spiro atoms. The van der Waals surface area contributed by atoms with Crippen molar-refractivity contribution < 1.29 is 152 Å². The number of aliphatic hydroxyl groups is 5. The number of allylic oxidation sites excluding steroid dienone is 1. The van der Waals surface area contributed by atoms with E-state index >= 15 is 0 Å². The normalized spacial score (nSPS) is 33.0. The number of benzene rings is 2. The van der Waals surface area contributed by atoms with Crippen LogP contribution in [-0.4, -0.2) is 110 Å². The second-order valence-corrected chi connectivity index (χ2v) is 16.5. The maximum absolute atomic E-state index is 14.7. The number of nitrogens with one attached hydrogen (secondary N) is 1. The van der Waals surface area contributed by atoms with Crippen molar-refractivity contribution in [1.82, 2.24) is 5.32 Å². The van der Waals surface area contributed by atoms with Crippen LogP contribution < -0.4 is 5.32 Å². The van der Waals surface area contributed by atoms with Gasteiger partial charge in [0.15, 0.2) is 11.9 Å². The Morgan fingerprint density at radius 3 is 2.14 bits per heavy atom. The third-order valence-corrected chi connectivity index (χ3v) is 12.5. The van der Waals surface area contributed by atoms with E-state index in [1.165, 1.54) is 32.1 Å². The molecule has 2 saturated carbocycles. The molecular weight excluding hydrogens is 1180 g/mol. The molecule has 2 radical (unpaired) electrons. The van der Waals surface area contributed by atoms with Gasteiger partial charge in [0.25, 0.3) is 0 Å². The van der Waals surface area contributed by atoms with Crippen LogP contribution in [0.3, 0.4) is 0 Å². The van der Waals surface area contributed by atoms with Crippen LogP contribution in [0.4, 0.5) is 4.79 Å². The Labute approximate surface area is 409 Å². The quantitative estimate of drug-likeness (QED) is 0.121. The van der Waals surface area contributed by atoms with E-state index in [9.17, 15) is 44.7 Å². The van der Waals surface area contributed by atoms with Crippen LogP contribution in [-0.2, 0) is 35.1 Å². The van der Waals surface area contributed by atoms with Crippen LogP contribution in [0.1, 0.15) is 70.3 Å². The number of hydrogen-bond acceptors (Lipinski definition) is 13.